The molecule has 0 saturated carbocycles. The van der Waals surface area contributed by atoms with Gasteiger partial charge < -0.3 is 24.4 Å². The highest BCUT2D eigenvalue weighted by Gasteiger charge is 2.19. The van der Waals surface area contributed by atoms with E-state index in [0.717, 1.165) is 161 Å². The predicted molar refractivity (Wildman–Crippen MR) is 273 cm³/mol. The first-order chi connectivity index (χ1) is 31.8. The molecule has 0 aromatic heterocycles. The number of aliphatic hydroxyl groups is 2. The maximum atomic E-state index is 12.8. The molecule has 0 saturated heterocycles. The number of carbonyl (C=O) groups excluding carboxylic acids is 3. The van der Waals surface area contributed by atoms with Gasteiger partial charge in [-0.05, 0) is 103 Å². The number of unbranched alkanes of at least 4 members (excludes halogenated alkanes) is 24. The van der Waals surface area contributed by atoms with Crippen LogP contribution in [0.2, 0.25) is 0 Å². The van der Waals surface area contributed by atoms with Gasteiger partial charge in [-0.2, -0.15) is 0 Å². The summed E-state index contributed by atoms with van der Waals surface area (Å²) in [6, 6.07) is 0. The minimum atomic E-state index is -0.822. The molecule has 0 bridgehead atoms. The fraction of sp³-hybridized carbons (Fsp3) is 0.807. The van der Waals surface area contributed by atoms with Crippen molar-refractivity contribution in [1.82, 2.24) is 0 Å². The Balaban J connectivity index is 4.49. The minimum absolute atomic E-state index is 0.117. The second kappa shape index (κ2) is 50.7. The monoisotopic (exact) mass is 915 g/mol. The number of rotatable bonds is 49. The second-order valence-corrected chi connectivity index (χ2v) is 18.5. The zero-order chi connectivity index (χ0) is 47.5. The fourth-order valence-electron chi connectivity index (χ4n) is 7.67. The van der Waals surface area contributed by atoms with Gasteiger partial charge in [0, 0.05) is 19.3 Å². The Hall–Kier alpha value is -2.71. The summed E-state index contributed by atoms with van der Waals surface area (Å²) in [7, 11) is 0. The number of aliphatic hydroxyl groups excluding tert-OH is 2. The molecule has 8 nitrogen and oxygen atoms in total. The first-order valence-electron chi connectivity index (χ1n) is 27.3. The Morgan fingerprint density at radius 1 is 0.385 bits per heavy atom. The van der Waals surface area contributed by atoms with E-state index in [0.29, 0.717) is 12.8 Å². The average Bonchev–Trinajstić information content (AvgIpc) is 3.30. The normalized spacial score (nSPS) is 13.4. The second-order valence-electron chi connectivity index (χ2n) is 18.5. The summed E-state index contributed by atoms with van der Waals surface area (Å²) in [5, 5.41) is 20.2. The van der Waals surface area contributed by atoms with Crippen molar-refractivity contribution in [1.29, 1.82) is 0 Å². The van der Waals surface area contributed by atoms with Crippen LogP contribution in [0.5, 0.6) is 0 Å². The van der Waals surface area contributed by atoms with E-state index in [4.69, 9.17) is 14.2 Å². The van der Waals surface area contributed by atoms with E-state index in [2.05, 4.69) is 69.4 Å². The van der Waals surface area contributed by atoms with Crippen molar-refractivity contribution in [2.24, 2.45) is 0 Å². The number of esters is 3. The van der Waals surface area contributed by atoms with E-state index in [9.17, 15) is 24.6 Å². The van der Waals surface area contributed by atoms with Gasteiger partial charge in [0.1, 0.15) is 13.2 Å². The Morgan fingerprint density at radius 2 is 0.708 bits per heavy atom. The zero-order valence-electron chi connectivity index (χ0n) is 42.5. The van der Waals surface area contributed by atoms with Crippen molar-refractivity contribution < 1.29 is 38.8 Å². The Kier molecular flexibility index (Phi) is 48.6. The lowest BCUT2D eigenvalue weighted by Gasteiger charge is -2.18. The molecule has 8 heteroatoms. The summed E-state index contributed by atoms with van der Waals surface area (Å²) in [5.74, 6) is -1.00. The largest absolute Gasteiger partial charge is 0.462 e. The quantitative estimate of drug-likeness (QED) is 0.0268. The highest BCUT2D eigenvalue weighted by Crippen LogP contribution is 2.15. The van der Waals surface area contributed by atoms with Crippen LogP contribution in [0.25, 0.3) is 0 Å². The number of hydrogen-bond acceptors (Lipinski definition) is 8. The zero-order valence-corrected chi connectivity index (χ0v) is 42.5. The van der Waals surface area contributed by atoms with Crippen LogP contribution in [0, 0.1) is 0 Å². The van der Waals surface area contributed by atoms with Crippen LogP contribution in [-0.4, -0.2) is 59.6 Å². The van der Waals surface area contributed by atoms with Gasteiger partial charge in [-0.15, -0.1) is 0 Å². The van der Waals surface area contributed by atoms with Crippen LogP contribution >= 0.6 is 0 Å². The number of ether oxygens (including phenoxy) is 3. The molecule has 0 amide bonds. The first kappa shape index (κ1) is 62.3. The van der Waals surface area contributed by atoms with Gasteiger partial charge in [-0.3, -0.25) is 14.4 Å². The van der Waals surface area contributed by atoms with Crippen molar-refractivity contribution in [3.63, 3.8) is 0 Å². The molecule has 0 heterocycles. The fourth-order valence-corrected chi connectivity index (χ4v) is 7.67. The topological polar surface area (TPSA) is 119 Å². The maximum Gasteiger partial charge on any atom is 0.306 e. The third-order valence-corrected chi connectivity index (χ3v) is 11.9. The summed E-state index contributed by atoms with van der Waals surface area (Å²) in [6.07, 6.45) is 54.1. The van der Waals surface area contributed by atoms with Crippen molar-refractivity contribution in [3.8, 4) is 0 Å². The molecule has 0 aliphatic carbocycles. The van der Waals surface area contributed by atoms with Crippen LogP contribution in [0.4, 0.5) is 0 Å². The molecule has 0 spiro atoms. The Bertz CT molecular complexity index is 1180. The number of allylic oxidation sites excluding steroid dienone is 6. The molecule has 0 radical (unpaired) electrons. The number of hydrogen-bond donors (Lipinski definition) is 2. The molecule has 0 aliphatic heterocycles. The van der Waals surface area contributed by atoms with Crippen molar-refractivity contribution >= 4 is 17.9 Å². The van der Waals surface area contributed by atoms with Gasteiger partial charge in [0.2, 0.25) is 0 Å². The maximum absolute atomic E-state index is 12.8. The molecular formula is C57H102O8. The molecule has 0 aromatic carbocycles. The lowest BCUT2D eigenvalue weighted by atomic mass is 10.1. The van der Waals surface area contributed by atoms with E-state index < -0.39 is 6.10 Å². The molecule has 378 valence electrons. The van der Waals surface area contributed by atoms with Crippen molar-refractivity contribution in [3.05, 3.63) is 48.6 Å². The molecule has 65 heavy (non-hydrogen) atoms. The van der Waals surface area contributed by atoms with E-state index in [1.807, 2.05) is 0 Å². The summed E-state index contributed by atoms with van der Waals surface area (Å²) in [6.45, 7) is 6.39. The van der Waals surface area contributed by atoms with E-state index in [1.54, 1.807) is 0 Å². The van der Waals surface area contributed by atoms with Gasteiger partial charge in [0.05, 0.1) is 12.2 Å². The molecule has 0 aliphatic rings. The van der Waals surface area contributed by atoms with E-state index >= 15 is 0 Å². The molecule has 0 rings (SSSR count). The Labute approximate surface area is 400 Å². The molecule has 0 aromatic rings. The SMILES string of the molecule is CCCCC/C=C\C/C=C\CCCCCCCC(=O)OCC(COC(=O)CCCCCCC/C=C\C[C@H](O)CCCCCC)OC(=O)CCCCCCC/C=C\C[C@H](O)CCCCCC. The summed E-state index contributed by atoms with van der Waals surface area (Å²) < 4.78 is 16.8. The lowest BCUT2D eigenvalue weighted by Crippen LogP contribution is -2.30. The van der Waals surface area contributed by atoms with Crippen LogP contribution in [-0.2, 0) is 28.6 Å². The van der Waals surface area contributed by atoms with Crippen LogP contribution < -0.4 is 0 Å². The summed E-state index contributed by atoms with van der Waals surface area (Å²) in [4.78, 5) is 38.1. The van der Waals surface area contributed by atoms with Gasteiger partial charge in [0.25, 0.3) is 0 Å². The molecular weight excluding hydrogens is 813 g/mol. The molecule has 2 N–H and O–H groups in total. The lowest BCUT2D eigenvalue weighted by molar-refractivity contribution is -0.167. The molecule has 0 fully saturated rings. The Morgan fingerprint density at radius 3 is 1.12 bits per heavy atom. The average molecular weight is 915 g/mol. The minimum Gasteiger partial charge on any atom is -0.462 e. The van der Waals surface area contributed by atoms with Gasteiger partial charge >= 0.3 is 17.9 Å². The van der Waals surface area contributed by atoms with Crippen molar-refractivity contribution in [2.75, 3.05) is 13.2 Å². The molecule has 3 atom stereocenters. The third kappa shape index (κ3) is 49.0. The first-order valence-corrected chi connectivity index (χ1v) is 27.3. The van der Waals surface area contributed by atoms with Gasteiger partial charge in [0.15, 0.2) is 6.10 Å². The van der Waals surface area contributed by atoms with E-state index in [1.165, 1.54) is 64.2 Å². The smallest absolute Gasteiger partial charge is 0.306 e. The van der Waals surface area contributed by atoms with Gasteiger partial charge in [-0.1, -0.05) is 191 Å². The summed E-state index contributed by atoms with van der Waals surface area (Å²) >= 11 is 0. The van der Waals surface area contributed by atoms with E-state index in [-0.39, 0.29) is 49.8 Å². The van der Waals surface area contributed by atoms with Crippen LogP contribution in [0.1, 0.15) is 265 Å². The van der Waals surface area contributed by atoms with Crippen LogP contribution in [0.15, 0.2) is 48.6 Å². The standard InChI is InChI=1S/C57H102O8/c1-4-7-10-13-14-15-16-17-18-19-20-21-28-33-40-47-55(60)63-50-54(65-57(62)49-42-35-30-25-23-27-32-39-46-53(59)44-37-12-9-6-3)51-64-56(61)48-41-34-29-24-22-26-31-38-45-52(58)43-36-11-8-5-2/h14-15,17-18,31-32,38-39,52-54,58-59H,4-13,16,19-30,33-37,40-51H2,1-3H3/b15-14-,18-17-,38-31-,39-32-/t52-,53-,54?/m1/s1. The summed E-state index contributed by atoms with van der Waals surface area (Å²) in [5.41, 5.74) is 0. The van der Waals surface area contributed by atoms with Crippen LogP contribution in [0.3, 0.4) is 0 Å². The van der Waals surface area contributed by atoms with Gasteiger partial charge in [-0.25, -0.2) is 0 Å². The number of carbonyl (C=O) groups is 3. The predicted octanol–water partition coefficient (Wildman–Crippen LogP) is 15.8. The highest BCUT2D eigenvalue weighted by molar-refractivity contribution is 5.71. The van der Waals surface area contributed by atoms with Crippen molar-refractivity contribution in [2.45, 2.75) is 283 Å². The third-order valence-electron chi connectivity index (χ3n) is 11.9. The molecule has 1 unspecified atom stereocenters. The highest BCUT2D eigenvalue weighted by atomic mass is 16.6.